The van der Waals surface area contributed by atoms with Crippen molar-refractivity contribution in [3.8, 4) is 0 Å². The van der Waals surface area contributed by atoms with Gasteiger partial charge in [0.2, 0.25) is 5.91 Å². The molecule has 6 nitrogen and oxygen atoms in total. The topological polar surface area (TPSA) is 63.1 Å². The Morgan fingerprint density at radius 2 is 2.40 bits per heavy atom. The lowest BCUT2D eigenvalue weighted by molar-refractivity contribution is -0.128. The molecule has 0 saturated heterocycles. The molecular formula is C9H17N5O. The molecule has 0 aliphatic carbocycles. The van der Waals surface area contributed by atoms with Gasteiger partial charge in [0.1, 0.15) is 0 Å². The van der Waals surface area contributed by atoms with E-state index < -0.39 is 0 Å². The number of amides is 1. The Bertz CT molecular complexity index is 322. The highest BCUT2D eigenvalue weighted by molar-refractivity contribution is 5.77. The van der Waals surface area contributed by atoms with E-state index in [1.807, 2.05) is 14.0 Å². The number of hydrogen-bond acceptors (Lipinski definition) is 4. The second-order valence-electron chi connectivity index (χ2n) is 3.36. The van der Waals surface area contributed by atoms with Crippen LogP contribution in [0.15, 0.2) is 6.20 Å². The summed E-state index contributed by atoms with van der Waals surface area (Å²) in [5.41, 5.74) is 0.960. The Balaban J connectivity index is 2.28. The molecule has 1 heterocycles. The molecule has 0 aliphatic rings. The van der Waals surface area contributed by atoms with E-state index in [9.17, 15) is 4.79 Å². The Morgan fingerprint density at radius 1 is 1.67 bits per heavy atom. The van der Waals surface area contributed by atoms with Crippen molar-refractivity contribution in [2.45, 2.75) is 13.5 Å². The standard InChI is InChI=1S/C9H17N5O/c1-4-13(2)9(15)7-10-5-8-6-11-12-14(8)3/h6,10H,4-5,7H2,1-3H3. The lowest BCUT2D eigenvalue weighted by Gasteiger charge is -2.14. The van der Waals surface area contributed by atoms with E-state index in [0.717, 1.165) is 12.2 Å². The second kappa shape index (κ2) is 5.45. The summed E-state index contributed by atoms with van der Waals surface area (Å²) < 4.78 is 1.68. The zero-order chi connectivity index (χ0) is 11.3. The molecule has 6 heteroatoms. The van der Waals surface area contributed by atoms with Crippen LogP contribution < -0.4 is 5.32 Å². The van der Waals surface area contributed by atoms with Crippen LogP contribution in [0.2, 0.25) is 0 Å². The number of carbonyl (C=O) groups excluding carboxylic acids is 1. The Morgan fingerprint density at radius 3 is 2.93 bits per heavy atom. The first kappa shape index (κ1) is 11.6. The van der Waals surface area contributed by atoms with Gasteiger partial charge in [-0.2, -0.15) is 0 Å². The highest BCUT2D eigenvalue weighted by Gasteiger charge is 2.06. The van der Waals surface area contributed by atoms with Crippen LogP contribution in [0.5, 0.6) is 0 Å². The van der Waals surface area contributed by atoms with E-state index in [1.165, 1.54) is 0 Å². The monoisotopic (exact) mass is 211 g/mol. The molecule has 0 bridgehead atoms. The minimum atomic E-state index is 0.0904. The fourth-order valence-corrected chi connectivity index (χ4v) is 1.08. The number of carbonyl (C=O) groups is 1. The summed E-state index contributed by atoms with van der Waals surface area (Å²) in [6.45, 7) is 3.62. The first-order valence-corrected chi connectivity index (χ1v) is 4.93. The number of likely N-dealkylation sites (N-methyl/N-ethyl adjacent to an activating group) is 1. The average molecular weight is 211 g/mol. The fourth-order valence-electron chi connectivity index (χ4n) is 1.08. The molecule has 0 aromatic carbocycles. The molecule has 0 atom stereocenters. The molecule has 1 aromatic rings. The van der Waals surface area contributed by atoms with Gasteiger partial charge < -0.3 is 10.2 Å². The van der Waals surface area contributed by atoms with Gasteiger partial charge >= 0.3 is 0 Å². The van der Waals surface area contributed by atoms with Crippen molar-refractivity contribution in [3.63, 3.8) is 0 Å². The molecule has 1 amide bonds. The molecule has 0 unspecified atom stereocenters. The maximum Gasteiger partial charge on any atom is 0.236 e. The van der Waals surface area contributed by atoms with Crippen molar-refractivity contribution >= 4 is 5.91 Å². The molecule has 0 radical (unpaired) electrons. The molecular weight excluding hydrogens is 194 g/mol. The van der Waals surface area contributed by atoms with Gasteiger partial charge in [-0.15, -0.1) is 5.10 Å². The third kappa shape index (κ3) is 3.32. The predicted octanol–water partition coefficient (Wildman–Crippen LogP) is -0.617. The molecule has 1 N–H and O–H groups in total. The number of aromatic nitrogens is 3. The zero-order valence-corrected chi connectivity index (χ0v) is 9.40. The Kier molecular flexibility index (Phi) is 4.23. The molecule has 1 aromatic heterocycles. The number of hydrogen-bond donors (Lipinski definition) is 1. The molecule has 0 saturated carbocycles. The smallest absolute Gasteiger partial charge is 0.236 e. The quantitative estimate of drug-likeness (QED) is 0.705. The fraction of sp³-hybridized carbons (Fsp3) is 0.667. The maximum atomic E-state index is 11.4. The van der Waals surface area contributed by atoms with Gasteiger partial charge in [-0.25, -0.2) is 0 Å². The van der Waals surface area contributed by atoms with Gasteiger partial charge in [0.05, 0.1) is 18.4 Å². The minimum Gasteiger partial charge on any atom is -0.345 e. The van der Waals surface area contributed by atoms with E-state index in [0.29, 0.717) is 13.1 Å². The average Bonchev–Trinajstić information content (AvgIpc) is 2.63. The summed E-state index contributed by atoms with van der Waals surface area (Å²) in [6.07, 6.45) is 1.68. The van der Waals surface area contributed by atoms with Crippen molar-refractivity contribution < 1.29 is 4.79 Å². The lowest BCUT2D eigenvalue weighted by Crippen LogP contribution is -2.35. The molecule has 0 aliphatic heterocycles. The van der Waals surface area contributed by atoms with Crippen molar-refractivity contribution in [2.75, 3.05) is 20.1 Å². The zero-order valence-electron chi connectivity index (χ0n) is 9.40. The van der Waals surface area contributed by atoms with E-state index in [4.69, 9.17) is 0 Å². The van der Waals surface area contributed by atoms with Gasteiger partial charge in [-0.05, 0) is 6.92 Å². The summed E-state index contributed by atoms with van der Waals surface area (Å²) in [4.78, 5) is 13.1. The summed E-state index contributed by atoms with van der Waals surface area (Å²) in [5, 5.41) is 10.6. The van der Waals surface area contributed by atoms with Gasteiger partial charge in [0.25, 0.3) is 0 Å². The van der Waals surface area contributed by atoms with Crippen molar-refractivity contribution in [1.29, 1.82) is 0 Å². The molecule has 0 spiro atoms. The first-order chi connectivity index (χ1) is 7.15. The molecule has 84 valence electrons. The number of nitrogens with one attached hydrogen (secondary N) is 1. The van der Waals surface area contributed by atoms with Gasteiger partial charge in [-0.1, -0.05) is 5.21 Å². The Hall–Kier alpha value is -1.43. The number of aryl methyl sites for hydroxylation is 1. The normalized spacial score (nSPS) is 10.3. The summed E-state index contributed by atoms with van der Waals surface area (Å²) in [5.74, 6) is 0.0904. The van der Waals surface area contributed by atoms with E-state index >= 15 is 0 Å². The van der Waals surface area contributed by atoms with E-state index in [-0.39, 0.29) is 5.91 Å². The largest absolute Gasteiger partial charge is 0.345 e. The summed E-state index contributed by atoms with van der Waals surface area (Å²) >= 11 is 0. The van der Waals surface area contributed by atoms with Crippen molar-refractivity contribution in [2.24, 2.45) is 7.05 Å². The highest BCUT2D eigenvalue weighted by atomic mass is 16.2. The SMILES string of the molecule is CCN(C)C(=O)CNCc1cnnn1C. The lowest BCUT2D eigenvalue weighted by atomic mass is 10.4. The number of rotatable bonds is 5. The van der Waals surface area contributed by atoms with Crippen LogP contribution >= 0.6 is 0 Å². The van der Waals surface area contributed by atoms with Crippen LogP contribution in [-0.2, 0) is 18.4 Å². The van der Waals surface area contributed by atoms with Crippen LogP contribution in [0.25, 0.3) is 0 Å². The molecule has 15 heavy (non-hydrogen) atoms. The molecule has 1 rings (SSSR count). The second-order valence-corrected chi connectivity index (χ2v) is 3.36. The first-order valence-electron chi connectivity index (χ1n) is 4.93. The van der Waals surface area contributed by atoms with E-state index in [1.54, 1.807) is 22.8 Å². The van der Waals surface area contributed by atoms with Crippen molar-refractivity contribution in [1.82, 2.24) is 25.2 Å². The van der Waals surface area contributed by atoms with Crippen LogP contribution in [0.4, 0.5) is 0 Å². The van der Waals surface area contributed by atoms with Crippen LogP contribution in [0, 0.1) is 0 Å². The molecule has 0 fully saturated rings. The highest BCUT2D eigenvalue weighted by Crippen LogP contribution is 1.91. The summed E-state index contributed by atoms with van der Waals surface area (Å²) in [6, 6.07) is 0. The predicted molar refractivity (Wildman–Crippen MR) is 56.0 cm³/mol. The third-order valence-electron chi connectivity index (χ3n) is 2.29. The van der Waals surface area contributed by atoms with Crippen LogP contribution in [0.3, 0.4) is 0 Å². The van der Waals surface area contributed by atoms with Gasteiger partial charge in [0, 0.05) is 27.2 Å². The van der Waals surface area contributed by atoms with E-state index in [2.05, 4.69) is 15.6 Å². The minimum absolute atomic E-state index is 0.0904. The van der Waals surface area contributed by atoms with Gasteiger partial charge in [0.15, 0.2) is 0 Å². The van der Waals surface area contributed by atoms with Crippen LogP contribution in [-0.4, -0.2) is 45.9 Å². The van der Waals surface area contributed by atoms with Crippen LogP contribution in [0.1, 0.15) is 12.6 Å². The number of nitrogens with zero attached hydrogens (tertiary/aromatic N) is 4. The maximum absolute atomic E-state index is 11.4. The Labute approximate surface area is 89.3 Å². The summed E-state index contributed by atoms with van der Waals surface area (Å²) in [7, 11) is 3.61. The third-order valence-corrected chi connectivity index (χ3v) is 2.29. The van der Waals surface area contributed by atoms with Gasteiger partial charge in [-0.3, -0.25) is 9.48 Å². The van der Waals surface area contributed by atoms with Crippen molar-refractivity contribution in [3.05, 3.63) is 11.9 Å².